The molecule has 168 valence electrons. The van der Waals surface area contributed by atoms with Crippen LogP contribution < -0.4 is 9.47 Å². The molecule has 3 aromatic rings. The molecule has 1 aromatic heterocycles. The van der Waals surface area contributed by atoms with Gasteiger partial charge in [-0.1, -0.05) is 24.3 Å². The first kappa shape index (κ1) is 21.9. The van der Waals surface area contributed by atoms with Gasteiger partial charge in [-0.05, 0) is 67.5 Å². The zero-order valence-electron chi connectivity index (χ0n) is 19.1. The Morgan fingerprint density at radius 3 is 2.56 bits per heavy atom. The SMILES string of the molecule is COc1cc(C)ccc1CC(Cc1cccc(O)c1OC)C(=O)c1cc(C2CC2)nn1C. The summed E-state index contributed by atoms with van der Waals surface area (Å²) in [5.74, 6) is 1.38. The maximum Gasteiger partial charge on any atom is 0.184 e. The summed E-state index contributed by atoms with van der Waals surface area (Å²) >= 11 is 0. The van der Waals surface area contributed by atoms with Crippen LogP contribution >= 0.6 is 0 Å². The number of methoxy groups -OCH3 is 2. The molecular formula is C26H30N2O4. The Labute approximate surface area is 188 Å². The van der Waals surface area contributed by atoms with Crippen molar-refractivity contribution in [2.24, 2.45) is 13.0 Å². The fraction of sp³-hybridized carbons (Fsp3) is 0.385. The van der Waals surface area contributed by atoms with Crippen LogP contribution in [0.15, 0.2) is 42.5 Å². The van der Waals surface area contributed by atoms with Crippen LogP contribution in [0.25, 0.3) is 0 Å². The molecule has 0 saturated heterocycles. The highest BCUT2D eigenvalue weighted by Crippen LogP contribution is 2.40. The number of rotatable bonds is 9. The van der Waals surface area contributed by atoms with Gasteiger partial charge < -0.3 is 14.6 Å². The maximum atomic E-state index is 13.8. The Hall–Kier alpha value is -3.28. The van der Waals surface area contributed by atoms with Crippen LogP contribution in [0, 0.1) is 12.8 Å². The molecule has 0 radical (unpaired) electrons. The molecule has 4 rings (SSSR count). The Balaban J connectivity index is 1.71. The molecule has 1 aliphatic carbocycles. The summed E-state index contributed by atoms with van der Waals surface area (Å²) in [5, 5.41) is 14.8. The van der Waals surface area contributed by atoms with Crippen LogP contribution in [0.3, 0.4) is 0 Å². The van der Waals surface area contributed by atoms with Gasteiger partial charge in [0.15, 0.2) is 17.3 Å². The molecule has 1 atom stereocenters. The summed E-state index contributed by atoms with van der Waals surface area (Å²) in [6, 6.07) is 13.2. The van der Waals surface area contributed by atoms with Crippen molar-refractivity contribution in [1.29, 1.82) is 0 Å². The maximum absolute atomic E-state index is 13.8. The number of carbonyl (C=O) groups is 1. The first-order valence-corrected chi connectivity index (χ1v) is 11.0. The van der Waals surface area contributed by atoms with Gasteiger partial charge in [0, 0.05) is 18.9 Å². The van der Waals surface area contributed by atoms with Crippen molar-refractivity contribution in [3.63, 3.8) is 0 Å². The number of phenolic OH excluding ortho intramolecular Hbond substituents is 1. The lowest BCUT2D eigenvalue weighted by Crippen LogP contribution is -2.23. The molecule has 1 fully saturated rings. The summed E-state index contributed by atoms with van der Waals surface area (Å²) in [6.07, 6.45) is 3.20. The van der Waals surface area contributed by atoms with Crippen LogP contribution in [-0.4, -0.2) is 34.9 Å². The number of benzene rings is 2. The molecular weight excluding hydrogens is 404 g/mol. The summed E-state index contributed by atoms with van der Waals surface area (Å²) in [4.78, 5) is 13.8. The second-order valence-electron chi connectivity index (χ2n) is 8.61. The van der Waals surface area contributed by atoms with Crippen molar-refractivity contribution in [3.05, 3.63) is 70.5 Å². The van der Waals surface area contributed by atoms with Crippen LogP contribution in [0.4, 0.5) is 0 Å². The van der Waals surface area contributed by atoms with Crippen molar-refractivity contribution >= 4 is 5.78 Å². The molecule has 6 heteroatoms. The van der Waals surface area contributed by atoms with Gasteiger partial charge in [0.05, 0.1) is 19.9 Å². The average Bonchev–Trinajstić information content (AvgIpc) is 3.55. The number of aromatic hydroxyl groups is 1. The Morgan fingerprint density at radius 2 is 1.88 bits per heavy atom. The van der Waals surface area contributed by atoms with Gasteiger partial charge in [0.2, 0.25) is 0 Å². The van der Waals surface area contributed by atoms with Crippen LogP contribution in [-0.2, 0) is 19.9 Å². The van der Waals surface area contributed by atoms with E-state index in [-0.39, 0.29) is 17.5 Å². The highest BCUT2D eigenvalue weighted by atomic mass is 16.5. The Bertz CT molecular complexity index is 1130. The molecule has 2 aromatic carbocycles. The van der Waals surface area contributed by atoms with E-state index >= 15 is 0 Å². The zero-order chi connectivity index (χ0) is 22.8. The third-order valence-electron chi connectivity index (χ3n) is 6.17. The summed E-state index contributed by atoms with van der Waals surface area (Å²) in [5.41, 5.74) is 4.48. The number of aromatic nitrogens is 2. The fourth-order valence-corrected chi connectivity index (χ4v) is 4.28. The predicted molar refractivity (Wildman–Crippen MR) is 123 cm³/mol. The monoisotopic (exact) mass is 434 g/mol. The molecule has 1 N–H and O–H groups in total. The van der Waals surface area contributed by atoms with E-state index < -0.39 is 0 Å². The third-order valence-corrected chi connectivity index (χ3v) is 6.17. The van der Waals surface area contributed by atoms with E-state index in [1.807, 2.05) is 44.3 Å². The number of aryl methyl sites for hydroxylation is 2. The van der Waals surface area contributed by atoms with Crippen molar-refractivity contribution in [3.8, 4) is 17.2 Å². The third kappa shape index (κ3) is 4.49. The lowest BCUT2D eigenvalue weighted by Gasteiger charge is -2.20. The van der Waals surface area contributed by atoms with E-state index in [9.17, 15) is 9.90 Å². The number of hydrogen-bond donors (Lipinski definition) is 1. The first-order chi connectivity index (χ1) is 15.4. The van der Waals surface area contributed by atoms with Gasteiger partial charge in [-0.15, -0.1) is 0 Å². The Kier molecular flexibility index (Phi) is 6.21. The van der Waals surface area contributed by atoms with Crippen LogP contribution in [0.1, 0.15) is 51.6 Å². The summed E-state index contributed by atoms with van der Waals surface area (Å²) in [7, 11) is 5.01. The Morgan fingerprint density at radius 1 is 1.12 bits per heavy atom. The van der Waals surface area contributed by atoms with E-state index in [1.54, 1.807) is 23.9 Å². The lowest BCUT2D eigenvalue weighted by molar-refractivity contribution is 0.0907. The topological polar surface area (TPSA) is 73.6 Å². The van der Waals surface area contributed by atoms with Gasteiger partial charge in [-0.2, -0.15) is 5.10 Å². The number of Topliss-reactive ketones (excluding diaryl/α,β-unsaturated/α-hetero) is 1. The molecule has 1 heterocycles. The molecule has 0 amide bonds. The molecule has 0 bridgehead atoms. The van der Waals surface area contributed by atoms with Crippen molar-refractivity contribution in [2.75, 3.05) is 14.2 Å². The summed E-state index contributed by atoms with van der Waals surface area (Å²) in [6.45, 7) is 2.02. The highest BCUT2D eigenvalue weighted by Gasteiger charge is 2.31. The standard InChI is InChI=1S/C26H30N2O4/c1-16-8-9-18(24(12-16)31-3)13-20(14-19-6-5-7-23(29)26(19)32-4)25(30)22-15-21(17-10-11-17)27-28(22)2/h5-9,12,15,17,20,29H,10-11,13-14H2,1-4H3. The predicted octanol–water partition coefficient (Wildman–Crippen LogP) is 4.61. The second-order valence-corrected chi connectivity index (χ2v) is 8.61. The molecule has 6 nitrogen and oxygen atoms in total. The van der Waals surface area contributed by atoms with Crippen molar-refractivity contribution in [1.82, 2.24) is 9.78 Å². The molecule has 32 heavy (non-hydrogen) atoms. The first-order valence-electron chi connectivity index (χ1n) is 11.0. The van der Waals surface area contributed by atoms with Crippen molar-refractivity contribution < 1.29 is 19.4 Å². The van der Waals surface area contributed by atoms with E-state index in [2.05, 4.69) is 5.10 Å². The molecule has 1 aliphatic rings. The van der Waals surface area contributed by atoms with Gasteiger partial charge in [0.1, 0.15) is 11.4 Å². The largest absolute Gasteiger partial charge is 0.504 e. The lowest BCUT2D eigenvalue weighted by atomic mass is 9.86. The normalized spacial score (nSPS) is 14.2. The minimum absolute atomic E-state index is 0.0277. The number of ketones is 1. The van der Waals surface area contributed by atoms with Gasteiger partial charge in [-0.3, -0.25) is 9.48 Å². The van der Waals surface area contributed by atoms with E-state index in [1.165, 1.54) is 7.11 Å². The quantitative estimate of drug-likeness (QED) is 0.498. The highest BCUT2D eigenvalue weighted by molar-refractivity contribution is 5.97. The fourth-order valence-electron chi connectivity index (χ4n) is 4.28. The van der Waals surface area contributed by atoms with Crippen LogP contribution in [0.5, 0.6) is 17.2 Å². The summed E-state index contributed by atoms with van der Waals surface area (Å²) < 4.78 is 12.7. The van der Waals surface area contributed by atoms with E-state index in [4.69, 9.17) is 9.47 Å². The average molecular weight is 435 g/mol. The number of hydrogen-bond acceptors (Lipinski definition) is 5. The number of para-hydroxylation sites is 1. The number of nitrogens with zero attached hydrogens (tertiary/aromatic N) is 2. The second kappa shape index (κ2) is 9.07. The van der Waals surface area contributed by atoms with E-state index in [0.29, 0.717) is 30.2 Å². The van der Waals surface area contributed by atoms with E-state index in [0.717, 1.165) is 41.0 Å². The van der Waals surface area contributed by atoms with Gasteiger partial charge >= 0.3 is 0 Å². The van der Waals surface area contributed by atoms with Gasteiger partial charge in [0.25, 0.3) is 0 Å². The van der Waals surface area contributed by atoms with Gasteiger partial charge in [-0.25, -0.2) is 0 Å². The minimum Gasteiger partial charge on any atom is -0.504 e. The zero-order valence-corrected chi connectivity index (χ0v) is 19.1. The van der Waals surface area contributed by atoms with Crippen molar-refractivity contribution in [2.45, 2.75) is 38.5 Å². The molecule has 0 aliphatic heterocycles. The molecule has 1 unspecified atom stereocenters. The molecule has 0 spiro atoms. The smallest absolute Gasteiger partial charge is 0.184 e. The number of carbonyl (C=O) groups excluding carboxylic acids is 1. The number of ether oxygens (including phenoxy) is 2. The minimum atomic E-state index is -0.371. The molecule has 1 saturated carbocycles. The number of phenols is 1. The van der Waals surface area contributed by atoms with Crippen LogP contribution in [0.2, 0.25) is 0 Å².